The number of aryl methyl sites for hydroxylation is 1. The van der Waals surface area contributed by atoms with E-state index in [1.165, 1.54) is 0 Å². The lowest BCUT2D eigenvalue weighted by Gasteiger charge is -2.31. The molecular weight excluding hydrogens is 328 g/mol. The number of nitrogens with one attached hydrogen (secondary N) is 1. The molecule has 0 amide bonds. The second-order valence-corrected chi connectivity index (χ2v) is 7.66. The van der Waals surface area contributed by atoms with E-state index >= 15 is 0 Å². The summed E-state index contributed by atoms with van der Waals surface area (Å²) in [6.07, 6.45) is 1.72. The van der Waals surface area contributed by atoms with Gasteiger partial charge >= 0.3 is 0 Å². The standard InChI is InChI=1S/C13H19BrN2O2S/c1-10-3-4-12(14)13(9-10)19(17,18)16-7-5-11(15-2)6-8-16/h3-4,9,11,15H,5-8H2,1-2H3. The Morgan fingerprint density at radius 2 is 1.95 bits per heavy atom. The summed E-state index contributed by atoms with van der Waals surface area (Å²) in [5.41, 5.74) is 0.951. The molecule has 1 aromatic rings. The van der Waals surface area contributed by atoms with E-state index < -0.39 is 10.0 Å². The highest BCUT2D eigenvalue weighted by Crippen LogP contribution is 2.27. The molecule has 19 heavy (non-hydrogen) atoms. The van der Waals surface area contributed by atoms with Crippen LogP contribution in [0.3, 0.4) is 0 Å². The van der Waals surface area contributed by atoms with E-state index in [0.717, 1.165) is 18.4 Å². The molecule has 2 rings (SSSR count). The van der Waals surface area contributed by atoms with Crippen LogP contribution in [0.5, 0.6) is 0 Å². The largest absolute Gasteiger partial charge is 0.317 e. The maximum atomic E-state index is 12.6. The number of nitrogens with zero attached hydrogens (tertiary/aromatic N) is 1. The third kappa shape index (κ3) is 3.18. The molecular formula is C13H19BrN2O2S. The molecule has 1 N–H and O–H groups in total. The molecule has 1 aliphatic rings. The molecule has 1 saturated heterocycles. The fourth-order valence-corrected chi connectivity index (χ4v) is 4.81. The minimum atomic E-state index is -3.39. The first kappa shape index (κ1) is 15.0. The van der Waals surface area contributed by atoms with Crippen LogP contribution in [-0.2, 0) is 10.0 Å². The summed E-state index contributed by atoms with van der Waals surface area (Å²) >= 11 is 3.34. The van der Waals surface area contributed by atoms with Crippen LogP contribution < -0.4 is 5.32 Å². The molecule has 0 spiro atoms. The van der Waals surface area contributed by atoms with Crippen LogP contribution in [0.4, 0.5) is 0 Å². The summed E-state index contributed by atoms with van der Waals surface area (Å²) in [6.45, 7) is 3.06. The zero-order valence-electron chi connectivity index (χ0n) is 11.2. The van der Waals surface area contributed by atoms with Gasteiger partial charge in [0.25, 0.3) is 0 Å². The number of benzene rings is 1. The molecule has 1 aliphatic heterocycles. The van der Waals surface area contributed by atoms with Crippen molar-refractivity contribution in [3.63, 3.8) is 0 Å². The number of halogens is 1. The highest BCUT2D eigenvalue weighted by atomic mass is 79.9. The fraction of sp³-hybridized carbons (Fsp3) is 0.538. The number of rotatable bonds is 3. The highest BCUT2D eigenvalue weighted by Gasteiger charge is 2.30. The Bertz CT molecular complexity index is 552. The molecule has 0 radical (unpaired) electrons. The number of hydrogen-bond acceptors (Lipinski definition) is 3. The number of piperidine rings is 1. The number of hydrogen-bond donors (Lipinski definition) is 1. The quantitative estimate of drug-likeness (QED) is 0.911. The molecule has 0 unspecified atom stereocenters. The van der Waals surface area contributed by atoms with E-state index in [0.29, 0.717) is 28.5 Å². The van der Waals surface area contributed by atoms with Gasteiger partial charge in [-0.1, -0.05) is 6.07 Å². The van der Waals surface area contributed by atoms with E-state index in [9.17, 15) is 8.42 Å². The number of sulfonamides is 1. The van der Waals surface area contributed by atoms with E-state index in [-0.39, 0.29) is 0 Å². The smallest absolute Gasteiger partial charge is 0.244 e. The van der Waals surface area contributed by atoms with Crippen molar-refractivity contribution in [2.75, 3.05) is 20.1 Å². The molecule has 0 aromatic heterocycles. The van der Waals surface area contributed by atoms with Crippen molar-refractivity contribution >= 4 is 26.0 Å². The van der Waals surface area contributed by atoms with Crippen LogP contribution in [0, 0.1) is 6.92 Å². The first-order chi connectivity index (χ1) is 8.95. The zero-order valence-corrected chi connectivity index (χ0v) is 13.6. The van der Waals surface area contributed by atoms with Gasteiger partial charge in [0, 0.05) is 23.6 Å². The van der Waals surface area contributed by atoms with Crippen molar-refractivity contribution in [3.8, 4) is 0 Å². The van der Waals surface area contributed by atoms with Gasteiger partial charge in [-0.15, -0.1) is 0 Å². The maximum Gasteiger partial charge on any atom is 0.244 e. The van der Waals surface area contributed by atoms with Crippen molar-refractivity contribution in [3.05, 3.63) is 28.2 Å². The van der Waals surface area contributed by atoms with Gasteiger partial charge in [0.15, 0.2) is 0 Å². The van der Waals surface area contributed by atoms with Crippen LogP contribution in [0.25, 0.3) is 0 Å². The van der Waals surface area contributed by atoms with Gasteiger partial charge in [-0.2, -0.15) is 4.31 Å². The summed E-state index contributed by atoms with van der Waals surface area (Å²) < 4.78 is 27.5. The summed E-state index contributed by atoms with van der Waals surface area (Å²) in [5.74, 6) is 0. The third-order valence-corrected chi connectivity index (χ3v) is 6.46. The van der Waals surface area contributed by atoms with Crippen LogP contribution in [0.15, 0.2) is 27.6 Å². The third-order valence-electron chi connectivity index (χ3n) is 3.57. The first-order valence-electron chi connectivity index (χ1n) is 6.38. The Hall–Kier alpha value is -0.430. The van der Waals surface area contributed by atoms with Crippen molar-refractivity contribution in [1.82, 2.24) is 9.62 Å². The molecule has 0 saturated carbocycles. The molecule has 0 atom stereocenters. The van der Waals surface area contributed by atoms with Gasteiger partial charge in [0.1, 0.15) is 0 Å². The summed E-state index contributed by atoms with van der Waals surface area (Å²) in [7, 11) is -1.47. The Labute approximate surface area is 123 Å². The lowest BCUT2D eigenvalue weighted by molar-refractivity contribution is 0.298. The average molecular weight is 347 g/mol. The van der Waals surface area contributed by atoms with Crippen molar-refractivity contribution < 1.29 is 8.42 Å². The normalized spacial score (nSPS) is 18.7. The van der Waals surface area contributed by atoms with Crippen molar-refractivity contribution in [2.24, 2.45) is 0 Å². The predicted molar refractivity (Wildman–Crippen MR) is 79.7 cm³/mol. The minimum absolute atomic E-state index is 0.371. The second kappa shape index (κ2) is 5.91. The van der Waals surface area contributed by atoms with Gasteiger partial charge < -0.3 is 5.32 Å². The van der Waals surface area contributed by atoms with Crippen LogP contribution in [0.1, 0.15) is 18.4 Å². The molecule has 0 aliphatic carbocycles. The molecule has 1 heterocycles. The maximum absolute atomic E-state index is 12.6. The summed E-state index contributed by atoms with van der Waals surface area (Å²) in [6, 6.07) is 5.84. The monoisotopic (exact) mass is 346 g/mol. The van der Waals surface area contributed by atoms with Gasteiger partial charge in [0.05, 0.1) is 4.90 Å². The second-order valence-electron chi connectivity index (χ2n) is 4.90. The first-order valence-corrected chi connectivity index (χ1v) is 8.62. The van der Waals surface area contributed by atoms with Gasteiger partial charge in [0.2, 0.25) is 10.0 Å². The van der Waals surface area contributed by atoms with Crippen LogP contribution in [0.2, 0.25) is 0 Å². The Kier molecular flexibility index (Phi) is 4.66. The van der Waals surface area contributed by atoms with E-state index in [1.54, 1.807) is 16.4 Å². The molecule has 6 heteroatoms. The molecule has 0 bridgehead atoms. The van der Waals surface area contributed by atoms with E-state index in [4.69, 9.17) is 0 Å². The molecule has 106 valence electrons. The SMILES string of the molecule is CNC1CCN(S(=O)(=O)c2cc(C)ccc2Br)CC1. The topological polar surface area (TPSA) is 49.4 Å². The Morgan fingerprint density at radius 3 is 2.53 bits per heavy atom. The molecule has 1 fully saturated rings. The summed E-state index contributed by atoms with van der Waals surface area (Å²) in [5, 5.41) is 3.21. The average Bonchev–Trinajstić information content (AvgIpc) is 2.41. The lowest BCUT2D eigenvalue weighted by Crippen LogP contribution is -2.43. The summed E-state index contributed by atoms with van der Waals surface area (Å²) in [4.78, 5) is 0.371. The van der Waals surface area contributed by atoms with E-state index in [1.807, 2.05) is 20.0 Å². The lowest BCUT2D eigenvalue weighted by atomic mass is 10.1. The van der Waals surface area contributed by atoms with Crippen LogP contribution in [-0.4, -0.2) is 38.9 Å². The molecule has 1 aromatic carbocycles. The van der Waals surface area contributed by atoms with Crippen molar-refractivity contribution in [1.29, 1.82) is 0 Å². The van der Waals surface area contributed by atoms with Gasteiger partial charge in [-0.05, 0) is 60.4 Å². The predicted octanol–water partition coefficient (Wildman–Crippen LogP) is 2.13. The molecule has 4 nitrogen and oxygen atoms in total. The zero-order chi connectivity index (χ0) is 14.0. The van der Waals surface area contributed by atoms with Gasteiger partial charge in [-0.3, -0.25) is 0 Å². The fourth-order valence-electron chi connectivity index (χ4n) is 2.33. The van der Waals surface area contributed by atoms with Crippen molar-refractivity contribution in [2.45, 2.75) is 30.7 Å². The Morgan fingerprint density at radius 1 is 1.32 bits per heavy atom. The highest BCUT2D eigenvalue weighted by molar-refractivity contribution is 9.10. The van der Waals surface area contributed by atoms with Gasteiger partial charge in [-0.25, -0.2) is 8.42 Å². The van der Waals surface area contributed by atoms with E-state index in [2.05, 4.69) is 21.2 Å². The minimum Gasteiger partial charge on any atom is -0.317 e. The van der Waals surface area contributed by atoms with Crippen LogP contribution >= 0.6 is 15.9 Å². The Balaban J connectivity index is 2.26.